The summed E-state index contributed by atoms with van der Waals surface area (Å²) in [6.07, 6.45) is 2.55. The second kappa shape index (κ2) is 7.09. The van der Waals surface area contributed by atoms with E-state index in [0.29, 0.717) is 12.1 Å². The summed E-state index contributed by atoms with van der Waals surface area (Å²) in [5, 5.41) is 3.29. The van der Waals surface area contributed by atoms with E-state index >= 15 is 0 Å². The Labute approximate surface area is 124 Å². The number of nitrogens with one attached hydrogen (secondary N) is 1. The molecule has 0 aliphatic carbocycles. The average molecular weight is 275 g/mol. The van der Waals surface area contributed by atoms with Gasteiger partial charge in [-0.2, -0.15) is 0 Å². The van der Waals surface area contributed by atoms with Gasteiger partial charge in [0.15, 0.2) is 0 Å². The van der Waals surface area contributed by atoms with Crippen molar-refractivity contribution in [2.75, 3.05) is 38.6 Å². The number of anilines is 1. The summed E-state index contributed by atoms with van der Waals surface area (Å²) in [5.74, 6) is 0. The molecular formula is C17H29N3. The van der Waals surface area contributed by atoms with Gasteiger partial charge in [-0.15, -0.1) is 0 Å². The monoisotopic (exact) mass is 275 g/mol. The lowest BCUT2D eigenvalue weighted by Gasteiger charge is -2.37. The van der Waals surface area contributed by atoms with Crippen LogP contribution in [0.5, 0.6) is 0 Å². The summed E-state index contributed by atoms with van der Waals surface area (Å²) < 4.78 is 0. The first-order valence-electron chi connectivity index (χ1n) is 7.88. The fourth-order valence-electron chi connectivity index (χ4n) is 3.00. The van der Waals surface area contributed by atoms with Crippen LogP contribution in [0.15, 0.2) is 24.3 Å². The first kappa shape index (κ1) is 15.3. The van der Waals surface area contributed by atoms with Crippen molar-refractivity contribution in [1.29, 1.82) is 0 Å². The second-order valence-corrected chi connectivity index (χ2v) is 5.88. The van der Waals surface area contributed by atoms with E-state index in [1.807, 2.05) is 7.05 Å². The zero-order valence-corrected chi connectivity index (χ0v) is 13.4. The largest absolute Gasteiger partial charge is 0.372 e. The molecule has 2 rings (SSSR count). The number of hydrogen-bond acceptors (Lipinski definition) is 3. The number of nitrogens with zero attached hydrogens (tertiary/aromatic N) is 2. The third-order valence-electron chi connectivity index (χ3n) is 4.79. The van der Waals surface area contributed by atoms with Gasteiger partial charge in [0.1, 0.15) is 0 Å². The molecule has 1 fully saturated rings. The van der Waals surface area contributed by atoms with Crippen LogP contribution in [0.3, 0.4) is 0 Å². The average Bonchev–Trinajstić information content (AvgIpc) is 2.53. The van der Waals surface area contributed by atoms with E-state index in [0.717, 1.165) is 0 Å². The zero-order valence-electron chi connectivity index (χ0n) is 13.4. The van der Waals surface area contributed by atoms with Gasteiger partial charge < -0.3 is 15.1 Å². The number of rotatable bonds is 5. The van der Waals surface area contributed by atoms with E-state index in [1.165, 1.54) is 43.7 Å². The Morgan fingerprint density at radius 2 is 1.85 bits per heavy atom. The lowest BCUT2D eigenvalue weighted by Crippen LogP contribution is -2.43. The van der Waals surface area contributed by atoms with Gasteiger partial charge in [-0.25, -0.2) is 0 Å². The Kier molecular flexibility index (Phi) is 5.44. The molecule has 1 N–H and O–H groups in total. The highest BCUT2D eigenvalue weighted by atomic mass is 15.2. The van der Waals surface area contributed by atoms with Crippen LogP contribution in [0.25, 0.3) is 0 Å². The molecule has 20 heavy (non-hydrogen) atoms. The maximum Gasteiger partial charge on any atom is 0.0366 e. The van der Waals surface area contributed by atoms with Gasteiger partial charge in [0, 0.05) is 37.9 Å². The van der Waals surface area contributed by atoms with Crippen molar-refractivity contribution < 1.29 is 0 Å². The summed E-state index contributed by atoms with van der Waals surface area (Å²) in [7, 11) is 4.25. The van der Waals surface area contributed by atoms with E-state index in [9.17, 15) is 0 Å². The number of piperidine rings is 1. The van der Waals surface area contributed by atoms with Crippen molar-refractivity contribution in [3.8, 4) is 0 Å². The SMILES string of the molecule is CCN1CCC(N(C)c2ccc(C(C)NC)cc2)CC1. The molecule has 1 aromatic carbocycles. The van der Waals surface area contributed by atoms with E-state index in [1.54, 1.807) is 0 Å². The predicted molar refractivity (Wildman–Crippen MR) is 87.5 cm³/mol. The number of benzene rings is 1. The van der Waals surface area contributed by atoms with Gasteiger partial charge in [-0.05, 0) is 51.1 Å². The quantitative estimate of drug-likeness (QED) is 0.891. The Hall–Kier alpha value is -1.06. The summed E-state index contributed by atoms with van der Waals surface area (Å²) in [5.41, 5.74) is 2.69. The highest BCUT2D eigenvalue weighted by Gasteiger charge is 2.21. The normalized spacial score (nSPS) is 19.0. The highest BCUT2D eigenvalue weighted by Crippen LogP contribution is 2.23. The molecule has 3 nitrogen and oxygen atoms in total. The molecular weight excluding hydrogens is 246 g/mol. The van der Waals surface area contributed by atoms with Crippen molar-refractivity contribution in [3.63, 3.8) is 0 Å². The molecule has 1 heterocycles. The van der Waals surface area contributed by atoms with Crippen molar-refractivity contribution in [1.82, 2.24) is 10.2 Å². The molecule has 3 heteroatoms. The molecule has 112 valence electrons. The van der Waals surface area contributed by atoms with Gasteiger partial charge in [0.2, 0.25) is 0 Å². The maximum atomic E-state index is 3.29. The van der Waals surface area contributed by atoms with Crippen LogP contribution in [0.4, 0.5) is 5.69 Å². The molecule has 0 radical (unpaired) electrons. The predicted octanol–water partition coefficient (Wildman–Crippen LogP) is 2.89. The van der Waals surface area contributed by atoms with E-state index in [2.05, 4.69) is 60.3 Å². The maximum absolute atomic E-state index is 3.29. The number of likely N-dealkylation sites (tertiary alicyclic amines) is 1. The van der Waals surface area contributed by atoms with Crippen LogP contribution in [0.2, 0.25) is 0 Å². The van der Waals surface area contributed by atoms with Crippen molar-refractivity contribution in [2.24, 2.45) is 0 Å². The summed E-state index contributed by atoms with van der Waals surface area (Å²) in [6, 6.07) is 10.1. The minimum Gasteiger partial charge on any atom is -0.372 e. The molecule has 0 bridgehead atoms. The van der Waals surface area contributed by atoms with Crippen molar-refractivity contribution in [3.05, 3.63) is 29.8 Å². The Balaban J connectivity index is 1.97. The van der Waals surface area contributed by atoms with Crippen LogP contribution < -0.4 is 10.2 Å². The van der Waals surface area contributed by atoms with Gasteiger partial charge in [-0.1, -0.05) is 19.1 Å². The van der Waals surface area contributed by atoms with Gasteiger partial charge >= 0.3 is 0 Å². The van der Waals surface area contributed by atoms with Crippen LogP contribution >= 0.6 is 0 Å². The lowest BCUT2D eigenvalue weighted by molar-refractivity contribution is 0.221. The van der Waals surface area contributed by atoms with E-state index < -0.39 is 0 Å². The molecule has 1 unspecified atom stereocenters. The second-order valence-electron chi connectivity index (χ2n) is 5.88. The standard InChI is InChI=1S/C17H29N3/c1-5-20-12-10-17(11-13-20)19(4)16-8-6-15(7-9-16)14(2)18-3/h6-9,14,17-18H,5,10-13H2,1-4H3. The third kappa shape index (κ3) is 3.53. The first-order chi connectivity index (χ1) is 9.65. The molecule has 1 aliphatic heterocycles. The van der Waals surface area contributed by atoms with E-state index in [4.69, 9.17) is 0 Å². The zero-order chi connectivity index (χ0) is 14.5. The summed E-state index contributed by atoms with van der Waals surface area (Å²) >= 11 is 0. The fourth-order valence-corrected chi connectivity index (χ4v) is 3.00. The third-order valence-corrected chi connectivity index (χ3v) is 4.79. The summed E-state index contributed by atoms with van der Waals surface area (Å²) in [6.45, 7) is 8.11. The van der Waals surface area contributed by atoms with Gasteiger partial charge in [0.25, 0.3) is 0 Å². The Morgan fingerprint density at radius 3 is 2.35 bits per heavy atom. The molecule has 1 atom stereocenters. The smallest absolute Gasteiger partial charge is 0.0366 e. The fraction of sp³-hybridized carbons (Fsp3) is 0.647. The number of hydrogen-bond donors (Lipinski definition) is 1. The lowest BCUT2D eigenvalue weighted by atomic mass is 10.0. The topological polar surface area (TPSA) is 18.5 Å². The minimum atomic E-state index is 0.419. The molecule has 1 aromatic rings. The van der Waals surface area contributed by atoms with E-state index in [-0.39, 0.29) is 0 Å². The van der Waals surface area contributed by atoms with Crippen LogP contribution in [-0.4, -0.2) is 44.7 Å². The van der Waals surface area contributed by atoms with Crippen molar-refractivity contribution >= 4 is 5.69 Å². The molecule has 1 aliphatic rings. The highest BCUT2D eigenvalue weighted by molar-refractivity contribution is 5.48. The Bertz CT molecular complexity index is 393. The van der Waals surface area contributed by atoms with Crippen LogP contribution in [0, 0.1) is 0 Å². The van der Waals surface area contributed by atoms with Crippen molar-refractivity contribution in [2.45, 2.75) is 38.8 Å². The molecule has 0 saturated carbocycles. The minimum absolute atomic E-state index is 0.419. The van der Waals surface area contributed by atoms with Crippen LogP contribution in [-0.2, 0) is 0 Å². The first-order valence-corrected chi connectivity index (χ1v) is 7.88. The molecule has 1 saturated heterocycles. The van der Waals surface area contributed by atoms with Gasteiger partial charge in [-0.3, -0.25) is 0 Å². The summed E-state index contributed by atoms with van der Waals surface area (Å²) in [4.78, 5) is 5.00. The molecule has 0 aromatic heterocycles. The molecule has 0 amide bonds. The Morgan fingerprint density at radius 1 is 1.25 bits per heavy atom. The van der Waals surface area contributed by atoms with Crippen LogP contribution in [0.1, 0.15) is 38.3 Å². The molecule has 0 spiro atoms. The van der Waals surface area contributed by atoms with Gasteiger partial charge in [0.05, 0.1) is 0 Å².